The van der Waals surface area contributed by atoms with Gasteiger partial charge in [0.1, 0.15) is 5.75 Å². The molecule has 2 aromatic carbocycles. The van der Waals surface area contributed by atoms with Crippen LogP contribution in [0.15, 0.2) is 47.4 Å². The molecule has 0 bridgehead atoms. The van der Waals surface area contributed by atoms with Crippen LogP contribution in [-0.2, 0) is 10.0 Å². The van der Waals surface area contributed by atoms with Gasteiger partial charge in [-0.3, -0.25) is 4.72 Å². The number of phenols is 1. The largest absolute Gasteiger partial charge is 0.508 e. The molecular weight excluding hydrogens is 286 g/mol. The second kappa shape index (κ2) is 5.11. The summed E-state index contributed by atoms with van der Waals surface area (Å²) in [5, 5.41) is 9.50. The van der Waals surface area contributed by atoms with Crippen LogP contribution in [0.2, 0.25) is 5.02 Å². The molecule has 2 rings (SSSR count). The van der Waals surface area contributed by atoms with E-state index in [9.17, 15) is 8.42 Å². The standard InChI is InChI=1S/C13H12ClNO3S/c1-9-3-2-4-12(14)13(9)15-19(17,18)11-7-5-10(16)6-8-11/h2-8,15-16H,1H3. The lowest BCUT2D eigenvalue weighted by Crippen LogP contribution is -2.14. The Morgan fingerprint density at radius 3 is 2.32 bits per heavy atom. The summed E-state index contributed by atoms with van der Waals surface area (Å²) in [4.78, 5) is 0.0598. The zero-order valence-electron chi connectivity index (χ0n) is 10.1. The van der Waals surface area contributed by atoms with Crippen molar-refractivity contribution in [1.82, 2.24) is 0 Å². The molecule has 100 valence electrons. The van der Waals surface area contributed by atoms with Crippen LogP contribution in [0.25, 0.3) is 0 Å². The highest BCUT2D eigenvalue weighted by molar-refractivity contribution is 7.92. The number of rotatable bonds is 3. The number of phenolic OH excluding ortho intramolecular Hbond substituents is 1. The van der Waals surface area contributed by atoms with Gasteiger partial charge in [-0.2, -0.15) is 0 Å². The van der Waals surface area contributed by atoms with Crippen LogP contribution in [0.4, 0.5) is 5.69 Å². The molecule has 4 nitrogen and oxygen atoms in total. The minimum absolute atomic E-state index is 0.00729. The van der Waals surface area contributed by atoms with Crippen LogP contribution < -0.4 is 4.72 Å². The molecule has 0 fully saturated rings. The number of hydrogen-bond acceptors (Lipinski definition) is 3. The first kappa shape index (κ1) is 13.7. The average Bonchev–Trinajstić information content (AvgIpc) is 2.35. The molecule has 0 saturated carbocycles. The molecule has 0 aromatic heterocycles. The number of hydrogen-bond donors (Lipinski definition) is 2. The summed E-state index contributed by atoms with van der Waals surface area (Å²) in [7, 11) is -3.72. The third-order valence-corrected chi connectivity index (χ3v) is 4.29. The molecule has 0 saturated heterocycles. The Hall–Kier alpha value is -1.72. The van der Waals surface area contributed by atoms with E-state index < -0.39 is 10.0 Å². The van der Waals surface area contributed by atoms with Gasteiger partial charge in [0.2, 0.25) is 0 Å². The fourth-order valence-corrected chi connectivity index (χ4v) is 3.06. The number of nitrogens with one attached hydrogen (secondary N) is 1. The smallest absolute Gasteiger partial charge is 0.261 e. The molecule has 6 heteroatoms. The Labute approximate surface area is 116 Å². The van der Waals surface area contributed by atoms with Gasteiger partial charge in [-0.1, -0.05) is 23.7 Å². The van der Waals surface area contributed by atoms with Gasteiger partial charge in [0.05, 0.1) is 15.6 Å². The molecule has 2 aromatic rings. The predicted molar refractivity (Wildman–Crippen MR) is 75.1 cm³/mol. The summed E-state index contributed by atoms with van der Waals surface area (Å²) >= 11 is 5.98. The number of anilines is 1. The molecule has 0 radical (unpaired) electrons. The molecule has 0 spiro atoms. The lowest BCUT2D eigenvalue weighted by atomic mass is 10.2. The summed E-state index contributed by atoms with van der Waals surface area (Å²) < 4.78 is 26.8. The van der Waals surface area contributed by atoms with E-state index in [1.165, 1.54) is 24.3 Å². The fraction of sp³-hybridized carbons (Fsp3) is 0.0769. The maximum absolute atomic E-state index is 12.2. The quantitative estimate of drug-likeness (QED) is 0.914. The van der Waals surface area contributed by atoms with Crippen LogP contribution in [0.5, 0.6) is 5.75 Å². The number of aryl methyl sites for hydroxylation is 1. The Morgan fingerprint density at radius 1 is 1.11 bits per heavy atom. The number of halogens is 1. The SMILES string of the molecule is Cc1cccc(Cl)c1NS(=O)(=O)c1ccc(O)cc1. The lowest BCUT2D eigenvalue weighted by molar-refractivity contribution is 0.475. The molecule has 0 unspecified atom stereocenters. The van der Waals surface area contributed by atoms with Gasteiger partial charge in [-0.25, -0.2) is 8.42 Å². The summed E-state index contributed by atoms with van der Waals surface area (Å²) in [5.74, 6) is 0.00729. The van der Waals surface area contributed by atoms with Crippen molar-refractivity contribution < 1.29 is 13.5 Å². The van der Waals surface area contributed by atoms with E-state index in [2.05, 4.69) is 4.72 Å². The maximum atomic E-state index is 12.2. The fourth-order valence-electron chi connectivity index (χ4n) is 1.58. The normalized spacial score (nSPS) is 11.3. The highest BCUT2D eigenvalue weighted by Crippen LogP contribution is 2.28. The Kier molecular flexibility index (Phi) is 3.68. The second-order valence-electron chi connectivity index (χ2n) is 4.03. The molecule has 19 heavy (non-hydrogen) atoms. The van der Waals surface area contributed by atoms with Crippen LogP contribution in [0.3, 0.4) is 0 Å². The number of aromatic hydroxyl groups is 1. The van der Waals surface area contributed by atoms with Crippen molar-refractivity contribution in [3.8, 4) is 5.75 Å². The zero-order valence-corrected chi connectivity index (χ0v) is 11.7. The molecule has 0 aliphatic rings. The number of para-hydroxylation sites is 1. The third kappa shape index (κ3) is 3.00. The van der Waals surface area contributed by atoms with E-state index in [1.807, 2.05) is 0 Å². The first-order valence-corrected chi connectivity index (χ1v) is 7.33. The minimum atomic E-state index is -3.72. The molecule has 2 N–H and O–H groups in total. The monoisotopic (exact) mass is 297 g/mol. The summed E-state index contributed by atoms with van der Waals surface area (Å²) in [6.07, 6.45) is 0. The summed E-state index contributed by atoms with van der Waals surface area (Å²) in [5.41, 5.74) is 1.09. The van der Waals surface area contributed by atoms with Gasteiger partial charge < -0.3 is 5.11 Å². The van der Waals surface area contributed by atoms with Crippen molar-refractivity contribution in [2.24, 2.45) is 0 Å². The molecule has 0 atom stereocenters. The van der Waals surface area contributed by atoms with Gasteiger partial charge in [0.25, 0.3) is 10.0 Å². The van der Waals surface area contributed by atoms with Crippen molar-refractivity contribution in [1.29, 1.82) is 0 Å². The lowest BCUT2D eigenvalue weighted by Gasteiger charge is -2.12. The molecular formula is C13H12ClNO3S. The van der Waals surface area contributed by atoms with E-state index in [4.69, 9.17) is 16.7 Å². The second-order valence-corrected chi connectivity index (χ2v) is 6.12. The van der Waals surface area contributed by atoms with Gasteiger partial charge in [-0.05, 0) is 42.8 Å². The highest BCUT2D eigenvalue weighted by atomic mass is 35.5. The van der Waals surface area contributed by atoms with E-state index in [0.29, 0.717) is 10.7 Å². The van der Waals surface area contributed by atoms with Crippen molar-refractivity contribution in [3.05, 3.63) is 53.1 Å². The van der Waals surface area contributed by atoms with E-state index in [1.54, 1.807) is 25.1 Å². The van der Waals surface area contributed by atoms with Crippen LogP contribution in [-0.4, -0.2) is 13.5 Å². The number of sulfonamides is 1. The van der Waals surface area contributed by atoms with Gasteiger partial charge in [0, 0.05) is 0 Å². The van der Waals surface area contributed by atoms with E-state index in [-0.39, 0.29) is 10.6 Å². The topological polar surface area (TPSA) is 66.4 Å². The highest BCUT2D eigenvalue weighted by Gasteiger charge is 2.16. The number of benzene rings is 2. The van der Waals surface area contributed by atoms with Crippen molar-refractivity contribution in [2.75, 3.05) is 4.72 Å². The molecule has 0 amide bonds. The van der Waals surface area contributed by atoms with E-state index in [0.717, 1.165) is 5.56 Å². The van der Waals surface area contributed by atoms with Crippen LogP contribution >= 0.6 is 11.6 Å². The Bertz CT molecular complexity index is 676. The van der Waals surface area contributed by atoms with E-state index >= 15 is 0 Å². The molecule has 0 heterocycles. The van der Waals surface area contributed by atoms with Crippen molar-refractivity contribution in [2.45, 2.75) is 11.8 Å². The van der Waals surface area contributed by atoms with Gasteiger partial charge in [-0.15, -0.1) is 0 Å². The maximum Gasteiger partial charge on any atom is 0.261 e. The van der Waals surface area contributed by atoms with Gasteiger partial charge in [0.15, 0.2) is 0 Å². The summed E-state index contributed by atoms with van der Waals surface area (Å²) in [6, 6.07) is 10.4. The van der Waals surface area contributed by atoms with Gasteiger partial charge >= 0.3 is 0 Å². The summed E-state index contributed by atoms with van der Waals surface area (Å²) in [6.45, 7) is 1.76. The van der Waals surface area contributed by atoms with Crippen molar-refractivity contribution in [3.63, 3.8) is 0 Å². The average molecular weight is 298 g/mol. The first-order chi connectivity index (χ1) is 8.90. The minimum Gasteiger partial charge on any atom is -0.508 e. The van der Waals surface area contributed by atoms with Crippen LogP contribution in [0.1, 0.15) is 5.56 Å². The Balaban J connectivity index is 2.39. The first-order valence-electron chi connectivity index (χ1n) is 5.47. The Morgan fingerprint density at radius 2 is 1.74 bits per heavy atom. The zero-order chi connectivity index (χ0) is 14.0. The van der Waals surface area contributed by atoms with Crippen LogP contribution in [0, 0.1) is 6.92 Å². The molecule has 0 aliphatic heterocycles. The third-order valence-electron chi connectivity index (χ3n) is 2.61. The predicted octanol–water partition coefficient (Wildman–Crippen LogP) is 3.15. The molecule has 0 aliphatic carbocycles. The van der Waals surface area contributed by atoms with Crippen molar-refractivity contribution >= 4 is 27.3 Å².